The maximum absolute atomic E-state index is 9.97. The first kappa shape index (κ1) is 24.4. The van der Waals surface area contributed by atoms with Crippen LogP contribution in [0, 0.1) is 0 Å². The number of guanidine groups is 1. The van der Waals surface area contributed by atoms with Crippen LogP contribution in [0.5, 0.6) is 0 Å². The predicted molar refractivity (Wildman–Crippen MR) is 109 cm³/mol. The third-order valence-electron chi connectivity index (χ3n) is 3.35. The standard InChI is InChI=1S/C9H9Cl2N3.C5H4O3.C4H9NO2/c10-6-2-1-3-7(11)8(6)14-9-12-4-5-13-9;6-5(7)4-2-1-3-8-4;5-3-1-2-4(6)7/h1-3H,4-5H2,(H2,12,13,14);1-3H,(H,6,7);1-3,5H2,(H,6,7)/p+2. The first-order valence-electron chi connectivity index (χ1n) is 8.70. The molecule has 3 rings (SSSR count). The molecule has 0 spiro atoms. The molecular weight excluding hydrogens is 423 g/mol. The summed E-state index contributed by atoms with van der Waals surface area (Å²) in [4.78, 5) is 23.9. The molecule has 158 valence electrons. The summed E-state index contributed by atoms with van der Waals surface area (Å²) in [6.45, 7) is 2.41. The van der Waals surface area contributed by atoms with Crippen molar-refractivity contribution in [3.63, 3.8) is 0 Å². The van der Waals surface area contributed by atoms with Crippen LogP contribution in [0.1, 0.15) is 23.4 Å². The van der Waals surface area contributed by atoms with Gasteiger partial charge in [0.15, 0.2) is 5.69 Å². The lowest BCUT2D eigenvalue weighted by Crippen LogP contribution is -2.85. The molecule has 0 atom stereocenters. The van der Waals surface area contributed by atoms with Crippen LogP contribution >= 0.6 is 23.2 Å². The van der Waals surface area contributed by atoms with Crippen LogP contribution in [0.2, 0.25) is 10.0 Å². The number of nitrogens with two attached hydrogens (primary N) is 1. The van der Waals surface area contributed by atoms with Gasteiger partial charge in [0.05, 0.1) is 25.8 Å². The molecule has 1 aromatic heterocycles. The summed E-state index contributed by atoms with van der Waals surface area (Å²) < 4.78 is 4.50. The summed E-state index contributed by atoms with van der Waals surface area (Å²) in [5, 5.41) is 22.5. The van der Waals surface area contributed by atoms with E-state index in [4.69, 9.17) is 33.4 Å². The smallest absolute Gasteiger partial charge is 0.371 e. The molecule has 0 amide bonds. The Morgan fingerprint density at radius 1 is 1.21 bits per heavy atom. The molecule has 0 unspecified atom stereocenters. The minimum absolute atomic E-state index is 0.0231. The second-order valence-corrected chi connectivity index (χ2v) is 6.42. The third-order valence-corrected chi connectivity index (χ3v) is 4.01. The van der Waals surface area contributed by atoms with Crippen molar-refractivity contribution < 1.29 is 35.3 Å². The Bertz CT molecular complexity index is 792. The van der Waals surface area contributed by atoms with Gasteiger partial charge in [0, 0.05) is 13.0 Å². The normalized spacial score (nSPS) is 11.9. The fourth-order valence-electron chi connectivity index (χ4n) is 1.97. The molecule has 0 saturated carbocycles. The molecule has 1 aliphatic heterocycles. The van der Waals surface area contributed by atoms with Crippen LogP contribution in [0.25, 0.3) is 0 Å². The number of carbonyl (C=O) groups is 2. The van der Waals surface area contributed by atoms with Gasteiger partial charge in [-0.05, 0) is 24.3 Å². The topological polar surface area (TPSA) is 156 Å². The summed E-state index contributed by atoms with van der Waals surface area (Å²) in [7, 11) is 0. The molecule has 0 bridgehead atoms. The van der Waals surface area contributed by atoms with Crippen molar-refractivity contribution in [2.75, 3.05) is 19.6 Å². The maximum Gasteiger partial charge on any atom is 0.371 e. The number of hydrogen-bond donors (Lipinski definition) is 5. The van der Waals surface area contributed by atoms with Crippen LogP contribution in [-0.2, 0) is 4.79 Å². The van der Waals surface area contributed by atoms with Crippen LogP contribution < -0.4 is 16.4 Å². The minimum Gasteiger partial charge on any atom is -0.481 e. The van der Waals surface area contributed by atoms with Gasteiger partial charge in [0.25, 0.3) is 5.96 Å². The average Bonchev–Trinajstić information content (AvgIpc) is 3.38. The van der Waals surface area contributed by atoms with E-state index < -0.39 is 11.9 Å². The van der Waals surface area contributed by atoms with Crippen molar-refractivity contribution in [2.45, 2.75) is 12.8 Å². The van der Waals surface area contributed by atoms with Gasteiger partial charge < -0.3 is 25.7 Å². The third kappa shape index (κ3) is 9.95. The van der Waals surface area contributed by atoms with Crippen molar-refractivity contribution in [3.8, 4) is 0 Å². The molecule has 1 aliphatic rings. The number of furan rings is 1. The van der Waals surface area contributed by atoms with Gasteiger partial charge in [-0.25, -0.2) is 15.1 Å². The van der Waals surface area contributed by atoms with Gasteiger partial charge in [-0.15, -0.1) is 0 Å². The number of carboxylic acid groups (broad SMARTS) is 2. The fraction of sp³-hybridized carbons (Fsp3) is 0.278. The Labute approximate surface area is 177 Å². The van der Waals surface area contributed by atoms with Crippen LogP contribution in [0.3, 0.4) is 0 Å². The summed E-state index contributed by atoms with van der Waals surface area (Å²) in [5.41, 5.74) is 4.32. The summed E-state index contributed by atoms with van der Waals surface area (Å²) in [5.74, 6) is -0.941. The molecule has 0 fully saturated rings. The van der Waals surface area contributed by atoms with Gasteiger partial charge in [-0.2, -0.15) is 0 Å². The van der Waals surface area contributed by atoms with Crippen LogP contribution in [-0.4, -0.2) is 47.7 Å². The number of nitrogens with one attached hydrogen (secondary N) is 1. The molecule has 11 heteroatoms. The van der Waals surface area contributed by atoms with E-state index in [-0.39, 0.29) is 12.2 Å². The van der Waals surface area contributed by atoms with E-state index in [0.29, 0.717) is 23.0 Å². The predicted octanol–water partition coefficient (Wildman–Crippen LogP) is 1.22. The second kappa shape index (κ2) is 13.6. The van der Waals surface area contributed by atoms with Gasteiger partial charge in [0.1, 0.15) is 10.0 Å². The van der Waals surface area contributed by atoms with Gasteiger partial charge >= 0.3 is 11.9 Å². The zero-order chi connectivity index (χ0) is 21.6. The van der Waals surface area contributed by atoms with E-state index in [2.05, 4.69) is 20.5 Å². The van der Waals surface area contributed by atoms with E-state index in [9.17, 15) is 9.59 Å². The number of carboxylic acids is 2. The molecule has 1 aromatic carbocycles. The monoisotopic (exact) mass is 446 g/mol. The van der Waals surface area contributed by atoms with E-state index in [1.807, 2.05) is 23.5 Å². The second-order valence-electron chi connectivity index (χ2n) is 5.61. The highest BCUT2D eigenvalue weighted by atomic mass is 35.5. The lowest BCUT2D eigenvalue weighted by atomic mass is 10.3. The summed E-state index contributed by atoms with van der Waals surface area (Å²) in [6.07, 6.45) is 2.27. The highest BCUT2D eigenvalue weighted by Gasteiger charge is 2.15. The van der Waals surface area contributed by atoms with E-state index in [1.165, 1.54) is 18.4 Å². The highest BCUT2D eigenvalue weighted by Crippen LogP contribution is 2.25. The van der Waals surface area contributed by atoms with Crippen LogP contribution in [0.15, 0.2) is 46.0 Å². The number of rotatable bonds is 5. The van der Waals surface area contributed by atoms with Crippen molar-refractivity contribution in [2.24, 2.45) is 4.99 Å². The Morgan fingerprint density at radius 2 is 1.90 bits per heavy atom. The lowest BCUT2D eigenvalue weighted by Gasteiger charge is -2.03. The van der Waals surface area contributed by atoms with Crippen molar-refractivity contribution in [3.05, 3.63) is 52.4 Å². The Hall–Kier alpha value is -2.59. The van der Waals surface area contributed by atoms with Gasteiger partial charge in [0.2, 0.25) is 5.76 Å². The van der Waals surface area contributed by atoms with Crippen molar-refractivity contribution in [1.82, 2.24) is 5.32 Å². The van der Waals surface area contributed by atoms with E-state index in [0.717, 1.165) is 24.7 Å². The number of benzene rings is 1. The number of aliphatic imine (C=N–C) groups is 1. The summed E-state index contributed by atoms with van der Waals surface area (Å²) >= 11 is 12.0. The van der Waals surface area contributed by atoms with Crippen LogP contribution in [0.4, 0.5) is 5.69 Å². The molecule has 9 nitrogen and oxygen atoms in total. The first-order chi connectivity index (χ1) is 13.8. The molecule has 8 N–H and O–H groups in total. The molecule has 2 aromatic rings. The molecular formula is C18H24Cl2N4O5+2. The first-order valence-corrected chi connectivity index (χ1v) is 9.45. The van der Waals surface area contributed by atoms with Gasteiger partial charge in [-0.1, -0.05) is 29.3 Å². The lowest BCUT2D eigenvalue weighted by molar-refractivity contribution is -0.447. The zero-order valence-corrected chi connectivity index (χ0v) is 17.1. The fourth-order valence-corrected chi connectivity index (χ4v) is 2.48. The Kier molecular flexibility index (Phi) is 11.4. The maximum atomic E-state index is 9.97. The number of para-hydroxylation sites is 1. The number of hydrogen-bond acceptors (Lipinski definition) is 5. The number of aliphatic carboxylic acids is 1. The van der Waals surface area contributed by atoms with Crippen molar-refractivity contribution in [1.29, 1.82) is 0 Å². The van der Waals surface area contributed by atoms with E-state index >= 15 is 0 Å². The number of quaternary nitrogens is 2. The molecule has 29 heavy (non-hydrogen) atoms. The quantitative estimate of drug-likeness (QED) is 0.434. The molecule has 0 saturated heterocycles. The number of aromatic carboxylic acids is 1. The zero-order valence-electron chi connectivity index (χ0n) is 15.6. The largest absolute Gasteiger partial charge is 0.481 e. The minimum atomic E-state index is -1.03. The molecule has 0 aliphatic carbocycles. The Morgan fingerprint density at radius 3 is 2.28 bits per heavy atom. The SMILES string of the molecule is Clc1cccc(Cl)c1[NH2+]C1=NCCN1.O=C(O)c1ccco1.[NH3+]CCCC(=O)O. The summed E-state index contributed by atoms with van der Waals surface area (Å²) in [6, 6.07) is 8.38. The van der Waals surface area contributed by atoms with Crippen molar-refractivity contribution >= 4 is 46.8 Å². The Balaban J connectivity index is 0.000000240. The molecule has 2 heterocycles. The van der Waals surface area contributed by atoms with E-state index in [1.54, 1.807) is 0 Å². The molecule has 0 radical (unpaired) electrons. The van der Waals surface area contributed by atoms with Gasteiger partial charge in [-0.3, -0.25) is 4.79 Å². The number of nitrogens with zero attached hydrogens (tertiary/aromatic N) is 1. The number of halogens is 2. The highest BCUT2D eigenvalue weighted by molar-refractivity contribution is 6.38. The average molecular weight is 447 g/mol.